The second-order valence-corrected chi connectivity index (χ2v) is 6.10. The minimum atomic E-state index is 0.166. The molecule has 0 amide bonds. The van der Waals surface area contributed by atoms with E-state index in [9.17, 15) is 0 Å². The fourth-order valence-electron chi connectivity index (χ4n) is 2.74. The van der Waals surface area contributed by atoms with Gasteiger partial charge in [-0.3, -0.25) is 0 Å². The number of furan rings is 1. The van der Waals surface area contributed by atoms with E-state index in [1.54, 1.807) is 6.26 Å². The summed E-state index contributed by atoms with van der Waals surface area (Å²) in [4.78, 5) is 7.07. The van der Waals surface area contributed by atoms with Crippen molar-refractivity contribution in [1.82, 2.24) is 4.98 Å². The number of nitrogens with two attached hydrogens (primary N) is 1. The molecular weight excluding hydrogens is 262 g/mol. The second-order valence-electron chi connectivity index (χ2n) is 6.10. The van der Waals surface area contributed by atoms with E-state index in [0.717, 1.165) is 24.5 Å². The maximum atomic E-state index is 5.87. The lowest BCUT2D eigenvalue weighted by Crippen LogP contribution is -2.27. The van der Waals surface area contributed by atoms with Crippen LogP contribution >= 0.6 is 0 Å². The zero-order valence-electron chi connectivity index (χ0n) is 12.7. The van der Waals surface area contributed by atoms with Crippen molar-refractivity contribution in [2.24, 2.45) is 5.73 Å². The van der Waals surface area contributed by atoms with Crippen LogP contribution in [-0.2, 0) is 13.0 Å². The molecule has 0 radical (unpaired) electrons. The van der Waals surface area contributed by atoms with Crippen LogP contribution in [0.3, 0.4) is 0 Å². The summed E-state index contributed by atoms with van der Waals surface area (Å²) in [5.74, 6) is 2.06. The SMILES string of the molecule is Cc1cc(CC(C)N)cnc1N(Cc1ccco1)C1CC1. The van der Waals surface area contributed by atoms with Crippen LogP contribution in [0.5, 0.6) is 0 Å². The van der Waals surface area contributed by atoms with Crippen molar-refractivity contribution in [3.05, 3.63) is 47.5 Å². The van der Waals surface area contributed by atoms with E-state index in [0.29, 0.717) is 6.04 Å². The van der Waals surface area contributed by atoms with E-state index in [-0.39, 0.29) is 6.04 Å². The fraction of sp³-hybridized carbons (Fsp3) is 0.471. The van der Waals surface area contributed by atoms with Crippen LogP contribution in [0.15, 0.2) is 35.1 Å². The van der Waals surface area contributed by atoms with Crippen LogP contribution in [-0.4, -0.2) is 17.1 Å². The molecule has 0 spiro atoms. The third kappa shape index (κ3) is 3.45. The van der Waals surface area contributed by atoms with E-state index in [4.69, 9.17) is 15.1 Å². The molecule has 1 atom stereocenters. The number of hydrogen-bond acceptors (Lipinski definition) is 4. The maximum Gasteiger partial charge on any atom is 0.132 e. The summed E-state index contributed by atoms with van der Waals surface area (Å²) in [7, 11) is 0. The van der Waals surface area contributed by atoms with Crippen molar-refractivity contribution in [3.8, 4) is 0 Å². The molecule has 0 bridgehead atoms. The lowest BCUT2D eigenvalue weighted by molar-refractivity contribution is 0.500. The Balaban J connectivity index is 1.82. The molecule has 4 heteroatoms. The van der Waals surface area contributed by atoms with Gasteiger partial charge in [-0.2, -0.15) is 0 Å². The van der Waals surface area contributed by atoms with Crippen LogP contribution in [0.2, 0.25) is 0 Å². The quantitative estimate of drug-likeness (QED) is 0.886. The van der Waals surface area contributed by atoms with E-state index in [1.165, 1.54) is 24.0 Å². The third-order valence-electron chi connectivity index (χ3n) is 3.83. The molecule has 0 saturated heterocycles. The van der Waals surface area contributed by atoms with Gasteiger partial charge in [-0.05, 0) is 56.4 Å². The van der Waals surface area contributed by atoms with Crippen molar-refractivity contribution in [2.45, 2.75) is 51.7 Å². The highest BCUT2D eigenvalue weighted by molar-refractivity contribution is 5.49. The molecule has 1 saturated carbocycles. The van der Waals surface area contributed by atoms with Gasteiger partial charge >= 0.3 is 0 Å². The Morgan fingerprint density at radius 2 is 2.29 bits per heavy atom. The van der Waals surface area contributed by atoms with Gasteiger partial charge in [0.15, 0.2) is 0 Å². The number of pyridine rings is 1. The highest BCUT2D eigenvalue weighted by atomic mass is 16.3. The zero-order valence-corrected chi connectivity index (χ0v) is 12.7. The van der Waals surface area contributed by atoms with Crippen molar-refractivity contribution in [2.75, 3.05) is 4.90 Å². The summed E-state index contributed by atoms with van der Waals surface area (Å²) in [5, 5.41) is 0. The molecule has 1 aliphatic carbocycles. The summed E-state index contributed by atoms with van der Waals surface area (Å²) in [6.45, 7) is 4.94. The van der Waals surface area contributed by atoms with Gasteiger partial charge in [0.1, 0.15) is 11.6 Å². The van der Waals surface area contributed by atoms with Crippen molar-refractivity contribution < 1.29 is 4.42 Å². The van der Waals surface area contributed by atoms with Gasteiger partial charge in [0.25, 0.3) is 0 Å². The van der Waals surface area contributed by atoms with E-state index in [2.05, 4.69) is 17.9 Å². The van der Waals surface area contributed by atoms with Gasteiger partial charge in [0.2, 0.25) is 0 Å². The predicted molar refractivity (Wildman–Crippen MR) is 84.2 cm³/mol. The molecule has 0 aromatic carbocycles. The van der Waals surface area contributed by atoms with E-state index in [1.807, 2.05) is 25.3 Å². The highest BCUT2D eigenvalue weighted by Gasteiger charge is 2.31. The first-order chi connectivity index (χ1) is 10.1. The Hall–Kier alpha value is -1.81. The first kappa shape index (κ1) is 14.1. The van der Waals surface area contributed by atoms with E-state index < -0.39 is 0 Å². The number of rotatable bonds is 6. The Morgan fingerprint density at radius 3 is 2.86 bits per heavy atom. The standard InChI is InChI=1S/C17H23N3O/c1-12-8-14(9-13(2)18)10-19-17(12)20(15-5-6-15)11-16-4-3-7-21-16/h3-4,7-8,10,13,15H,5-6,9,11,18H2,1-2H3. The summed E-state index contributed by atoms with van der Waals surface area (Å²) >= 11 is 0. The zero-order chi connectivity index (χ0) is 14.8. The molecule has 2 heterocycles. The maximum absolute atomic E-state index is 5.87. The molecular formula is C17H23N3O. The van der Waals surface area contributed by atoms with E-state index >= 15 is 0 Å². The predicted octanol–water partition coefficient (Wildman–Crippen LogP) is 3.04. The van der Waals surface area contributed by atoms with Crippen molar-refractivity contribution in [1.29, 1.82) is 0 Å². The molecule has 1 aliphatic rings. The van der Waals surface area contributed by atoms with Crippen LogP contribution in [0.25, 0.3) is 0 Å². The Kier molecular flexibility index (Phi) is 3.97. The summed E-state index contributed by atoms with van der Waals surface area (Å²) in [6.07, 6.45) is 7.04. The summed E-state index contributed by atoms with van der Waals surface area (Å²) < 4.78 is 5.49. The average Bonchev–Trinajstić information content (AvgIpc) is 3.14. The van der Waals surface area contributed by atoms with Gasteiger partial charge in [-0.1, -0.05) is 6.07 Å². The van der Waals surface area contributed by atoms with Gasteiger partial charge in [-0.25, -0.2) is 4.98 Å². The number of nitrogens with zero attached hydrogens (tertiary/aromatic N) is 2. The first-order valence-electron chi connectivity index (χ1n) is 7.63. The number of anilines is 1. The van der Waals surface area contributed by atoms with Crippen LogP contribution in [0.1, 0.15) is 36.7 Å². The molecule has 2 N–H and O–H groups in total. The molecule has 2 aromatic rings. The molecule has 2 aromatic heterocycles. The van der Waals surface area contributed by atoms with Gasteiger partial charge in [-0.15, -0.1) is 0 Å². The van der Waals surface area contributed by atoms with Crippen LogP contribution in [0, 0.1) is 6.92 Å². The number of hydrogen-bond donors (Lipinski definition) is 1. The third-order valence-corrected chi connectivity index (χ3v) is 3.83. The van der Waals surface area contributed by atoms with Crippen LogP contribution in [0.4, 0.5) is 5.82 Å². The largest absolute Gasteiger partial charge is 0.467 e. The molecule has 4 nitrogen and oxygen atoms in total. The molecule has 21 heavy (non-hydrogen) atoms. The fourth-order valence-corrected chi connectivity index (χ4v) is 2.74. The first-order valence-corrected chi connectivity index (χ1v) is 7.63. The highest BCUT2D eigenvalue weighted by Crippen LogP contribution is 2.33. The normalized spacial score (nSPS) is 16.0. The van der Waals surface area contributed by atoms with Gasteiger partial charge in [0, 0.05) is 18.3 Å². The lowest BCUT2D eigenvalue weighted by Gasteiger charge is -2.24. The Morgan fingerprint density at radius 1 is 1.48 bits per heavy atom. The minimum Gasteiger partial charge on any atom is -0.467 e. The Bertz CT molecular complexity index is 588. The molecule has 0 aliphatic heterocycles. The molecule has 3 rings (SSSR count). The topological polar surface area (TPSA) is 55.3 Å². The smallest absolute Gasteiger partial charge is 0.132 e. The van der Waals surface area contributed by atoms with Gasteiger partial charge < -0.3 is 15.1 Å². The van der Waals surface area contributed by atoms with Crippen LogP contribution < -0.4 is 10.6 Å². The lowest BCUT2D eigenvalue weighted by atomic mass is 10.1. The van der Waals surface area contributed by atoms with Crippen molar-refractivity contribution >= 4 is 5.82 Å². The molecule has 1 fully saturated rings. The monoisotopic (exact) mass is 285 g/mol. The molecule has 112 valence electrons. The Labute approximate surface area is 126 Å². The summed E-state index contributed by atoms with van der Waals surface area (Å²) in [5.41, 5.74) is 8.29. The minimum absolute atomic E-state index is 0.166. The van der Waals surface area contributed by atoms with Gasteiger partial charge in [0.05, 0.1) is 12.8 Å². The number of aryl methyl sites for hydroxylation is 1. The summed E-state index contributed by atoms with van der Waals surface area (Å²) in [6, 6.07) is 6.94. The average molecular weight is 285 g/mol. The molecule has 1 unspecified atom stereocenters. The van der Waals surface area contributed by atoms with Crippen molar-refractivity contribution in [3.63, 3.8) is 0 Å². The second kappa shape index (κ2) is 5.90. The number of aromatic nitrogens is 1.